The van der Waals surface area contributed by atoms with Gasteiger partial charge >= 0.3 is 0 Å². The van der Waals surface area contributed by atoms with Gasteiger partial charge in [0.05, 0.1) is 6.61 Å². The number of hydrogen-bond acceptors (Lipinski definition) is 3. The van der Waals surface area contributed by atoms with Crippen LogP contribution in [0.25, 0.3) is 0 Å². The average molecular weight is 230 g/mol. The molecule has 3 nitrogen and oxygen atoms in total. The number of benzene rings is 1. The van der Waals surface area contributed by atoms with Crippen molar-refractivity contribution in [1.29, 1.82) is 0 Å². The van der Waals surface area contributed by atoms with E-state index in [0.717, 1.165) is 11.3 Å². The lowest BCUT2D eigenvalue weighted by Gasteiger charge is -2.14. The predicted octanol–water partition coefficient (Wildman–Crippen LogP) is 2.12. The van der Waals surface area contributed by atoms with Crippen molar-refractivity contribution in [3.05, 3.63) is 28.8 Å². The van der Waals surface area contributed by atoms with Crippen LogP contribution in [0.3, 0.4) is 0 Å². The number of aliphatic hydroxyl groups is 1. The fourth-order valence-electron chi connectivity index (χ4n) is 1.25. The van der Waals surface area contributed by atoms with E-state index < -0.39 is 0 Å². The summed E-state index contributed by atoms with van der Waals surface area (Å²) in [4.78, 5) is 0. The zero-order chi connectivity index (χ0) is 11.3. The molecular formula is C11H16ClNO2. The first-order valence-electron chi connectivity index (χ1n) is 4.94. The van der Waals surface area contributed by atoms with Crippen LogP contribution in [0.4, 0.5) is 0 Å². The van der Waals surface area contributed by atoms with Gasteiger partial charge in [-0.05, 0) is 25.1 Å². The summed E-state index contributed by atoms with van der Waals surface area (Å²) in [5, 5.41) is 9.29. The molecule has 0 unspecified atom stereocenters. The normalized spacial score (nSPS) is 12.5. The number of aliphatic hydroxyl groups excluding tert-OH is 1. The second kappa shape index (κ2) is 5.95. The molecule has 4 heteroatoms. The molecule has 0 saturated heterocycles. The Morgan fingerprint density at radius 1 is 1.53 bits per heavy atom. The van der Waals surface area contributed by atoms with Gasteiger partial charge in [-0.2, -0.15) is 0 Å². The summed E-state index contributed by atoms with van der Waals surface area (Å²) < 4.78 is 5.50. The Morgan fingerprint density at radius 3 is 2.87 bits per heavy atom. The van der Waals surface area contributed by atoms with E-state index in [2.05, 4.69) is 0 Å². The van der Waals surface area contributed by atoms with Gasteiger partial charge in [0.1, 0.15) is 5.75 Å². The summed E-state index contributed by atoms with van der Waals surface area (Å²) in [5.41, 5.74) is 6.69. The Bertz CT molecular complexity index is 315. The number of nitrogens with two attached hydrogens (primary N) is 1. The van der Waals surface area contributed by atoms with Crippen molar-refractivity contribution in [1.82, 2.24) is 0 Å². The highest BCUT2D eigenvalue weighted by molar-refractivity contribution is 6.30. The van der Waals surface area contributed by atoms with Crippen molar-refractivity contribution in [2.75, 3.05) is 13.2 Å². The SMILES string of the molecule is C[C@@H](N)c1cc(Cl)ccc1OCCCO. The van der Waals surface area contributed by atoms with E-state index in [1.54, 1.807) is 18.2 Å². The highest BCUT2D eigenvalue weighted by atomic mass is 35.5. The largest absolute Gasteiger partial charge is 0.493 e. The molecule has 1 atom stereocenters. The van der Waals surface area contributed by atoms with E-state index in [4.69, 9.17) is 27.2 Å². The lowest BCUT2D eigenvalue weighted by Crippen LogP contribution is -2.09. The van der Waals surface area contributed by atoms with Crippen LogP contribution in [-0.4, -0.2) is 18.3 Å². The highest BCUT2D eigenvalue weighted by Gasteiger charge is 2.08. The van der Waals surface area contributed by atoms with E-state index in [1.807, 2.05) is 6.92 Å². The molecule has 1 rings (SSSR count). The van der Waals surface area contributed by atoms with Crippen molar-refractivity contribution in [3.63, 3.8) is 0 Å². The summed E-state index contributed by atoms with van der Waals surface area (Å²) in [6.45, 7) is 2.49. The van der Waals surface area contributed by atoms with Crippen LogP contribution in [0.1, 0.15) is 24.9 Å². The minimum Gasteiger partial charge on any atom is -0.493 e. The van der Waals surface area contributed by atoms with Crippen LogP contribution in [-0.2, 0) is 0 Å². The monoisotopic (exact) mass is 229 g/mol. The van der Waals surface area contributed by atoms with Crippen molar-refractivity contribution >= 4 is 11.6 Å². The van der Waals surface area contributed by atoms with Crippen LogP contribution < -0.4 is 10.5 Å². The minimum atomic E-state index is -0.118. The van der Waals surface area contributed by atoms with E-state index in [1.165, 1.54) is 0 Å². The predicted molar refractivity (Wildman–Crippen MR) is 61.3 cm³/mol. The average Bonchev–Trinajstić information content (AvgIpc) is 2.20. The zero-order valence-electron chi connectivity index (χ0n) is 8.74. The Hall–Kier alpha value is -0.770. The molecule has 0 aliphatic rings. The Morgan fingerprint density at radius 2 is 2.27 bits per heavy atom. The number of ether oxygens (including phenoxy) is 1. The van der Waals surface area contributed by atoms with E-state index in [9.17, 15) is 0 Å². The van der Waals surface area contributed by atoms with Crippen molar-refractivity contribution in [2.45, 2.75) is 19.4 Å². The van der Waals surface area contributed by atoms with Gasteiger partial charge in [-0.3, -0.25) is 0 Å². The van der Waals surface area contributed by atoms with Crippen molar-refractivity contribution < 1.29 is 9.84 Å². The molecule has 0 radical (unpaired) electrons. The van der Waals surface area contributed by atoms with E-state index in [0.29, 0.717) is 18.1 Å². The lowest BCUT2D eigenvalue weighted by molar-refractivity contribution is 0.232. The highest BCUT2D eigenvalue weighted by Crippen LogP contribution is 2.27. The first kappa shape index (κ1) is 12.3. The molecule has 0 fully saturated rings. The molecule has 0 amide bonds. The topological polar surface area (TPSA) is 55.5 Å². The van der Waals surface area contributed by atoms with E-state index in [-0.39, 0.29) is 12.6 Å². The van der Waals surface area contributed by atoms with Gasteiger partial charge in [-0.25, -0.2) is 0 Å². The Balaban J connectivity index is 2.77. The molecule has 0 aliphatic heterocycles. The van der Waals surface area contributed by atoms with Crippen LogP contribution in [0.2, 0.25) is 5.02 Å². The molecule has 3 N–H and O–H groups in total. The molecule has 1 aromatic rings. The van der Waals surface area contributed by atoms with Crippen LogP contribution in [0.15, 0.2) is 18.2 Å². The standard InChI is InChI=1S/C11H16ClNO2/c1-8(13)10-7-9(12)3-4-11(10)15-6-2-5-14/h3-4,7-8,14H,2,5-6,13H2,1H3/t8-/m1/s1. The van der Waals surface area contributed by atoms with Crippen LogP contribution in [0, 0.1) is 0 Å². The minimum absolute atomic E-state index is 0.118. The molecule has 1 aromatic carbocycles. The van der Waals surface area contributed by atoms with Crippen LogP contribution >= 0.6 is 11.6 Å². The number of hydrogen-bond donors (Lipinski definition) is 2. The molecule has 84 valence electrons. The van der Waals surface area contributed by atoms with E-state index >= 15 is 0 Å². The zero-order valence-corrected chi connectivity index (χ0v) is 9.50. The first-order valence-corrected chi connectivity index (χ1v) is 5.31. The smallest absolute Gasteiger partial charge is 0.124 e. The van der Waals surface area contributed by atoms with Gasteiger partial charge in [0.15, 0.2) is 0 Å². The fraction of sp³-hybridized carbons (Fsp3) is 0.455. The Labute approximate surface area is 94.8 Å². The molecule has 0 aromatic heterocycles. The summed E-state index contributed by atoms with van der Waals surface area (Å²) in [5.74, 6) is 0.739. The second-order valence-corrected chi connectivity index (χ2v) is 3.83. The summed E-state index contributed by atoms with van der Waals surface area (Å²) >= 11 is 5.87. The second-order valence-electron chi connectivity index (χ2n) is 3.40. The maximum atomic E-state index is 8.64. The lowest BCUT2D eigenvalue weighted by atomic mass is 10.1. The molecule has 0 saturated carbocycles. The summed E-state index contributed by atoms with van der Waals surface area (Å²) in [6, 6.07) is 5.26. The van der Waals surface area contributed by atoms with Gasteiger partial charge in [-0.1, -0.05) is 11.6 Å². The van der Waals surface area contributed by atoms with Crippen molar-refractivity contribution in [2.24, 2.45) is 5.73 Å². The van der Waals surface area contributed by atoms with Gasteiger partial charge in [0, 0.05) is 29.7 Å². The fourth-order valence-corrected chi connectivity index (χ4v) is 1.43. The molecule has 0 bridgehead atoms. The maximum Gasteiger partial charge on any atom is 0.124 e. The van der Waals surface area contributed by atoms with Gasteiger partial charge in [0.25, 0.3) is 0 Å². The van der Waals surface area contributed by atoms with Crippen molar-refractivity contribution in [3.8, 4) is 5.75 Å². The number of halogens is 1. The summed E-state index contributed by atoms with van der Waals surface area (Å²) in [7, 11) is 0. The van der Waals surface area contributed by atoms with Gasteiger partial charge < -0.3 is 15.6 Å². The molecule has 0 aliphatic carbocycles. The van der Waals surface area contributed by atoms with Gasteiger partial charge in [0.2, 0.25) is 0 Å². The quantitative estimate of drug-likeness (QED) is 0.761. The summed E-state index contributed by atoms with van der Waals surface area (Å²) in [6.07, 6.45) is 0.612. The molecular weight excluding hydrogens is 214 g/mol. The first-order chi connectivity index (χ1) is 7.15. The third-order valence-electron chi connectivity index (χ3n) is 2.02. The molecule has 0 spiro atoms. The third-order valence-corrected chi connectivity index (χ3v) is 2.26. The Kier molecular flexibility index (Phi) is 4.88. The molecule has 0 heterocycles. The third kappa shape index (κ3) is 3.70. The molecule has 15 heavy (non-hydrogen) atoms. The number of rotatable bonds is 5. The van der Waals surface area contributed by atoms with Crippen LogP contribution in [0.5, 0.6) is 5.75 Å². The van der Waals surface area contributed by atoms with Gasteiger partial charge in [-0.15, -0.1) is 0 Å². The maximum absolute atomic E-state index is 8.64.